The molecule has 28 heavy (non-hydrogen) atoms. The van der Waals surface area contributed by atoms with Crippen LogP contribution in [0.3, 0.4) is 0 Å². The molecule has 1 aromatic rings. The first-order valence-corrected chi connectivity index (χ1v) is 11.4. The second-order valence-corrected chi connectivity index (χ2v) is 9.66. The number of nitrogens with zero attached hydrogens (tertiary/aromatic N) is 3. The zero-order chi connectivity index (χ0) is 20.1. The zero-order valence-electron chi connectivity index (χ0n) is 18.0. The Morgan fingerprint density at radius 1 is 1.14 bits per heavy atom. The van der Waals surface area contributed by atoms with Crippen LogP contribution in [0.2, 0.25) is 0 Å². The Bertz CT molecular complexity index is 1060. The summed E-state index contributed by atoms with van der Waals surface area (Å²) in [7, 11) is 0. The number of fused-ring (bicyclic) bond motifs is 3. The molecule has 0 saturated heterocycles. The Labute approximate surface area is 172 Å². The second-order valence-electron chi connectivity index (χ2n) is 8.58. The summed E-state index contributed by atoms with van der Waals surface area (Å²) in [4.78, 5) is 8.87. The third-order valence-electron chi connectivity index (χ3n) is 6.32. The molecule has 1 aliphatic carbocycles. The van der Waals surface area contributed by atoms with Gasteiger partial charge in [0.05, 0.1) is 20.8 Å². The second kappa shape index (κ2) is 7.14. The summed E-state index contributed by atoms with van der Waals surface area (Å²) in [6, 6.07) is 11.4. The molecule has 1 atom stereocenters. The van der Waals surface area contributed by atoms with Crippen LogP contribution in [-0.4, -0.2) is 30.2 Å². The lowest BCUT2D eigenvalue weighted by molar-refractivity contribution is 0.382. The fourth-order valence-corrected chi connectivity index (χ4v) is 5.99. The average molecular weight is 395 g/mol. The van der Waals surface area contributed by atoms with E-state index in [4.69, 9.17) is 4.98 Å². The first kappa shape index (κ1) is 19.4. The molecular formula is C24H32N3S+. The van der Waals surface area contributed by atoms with Crippen LogP contribution in [0, 0.1) is 0 Å². The maximum Gasteiger partial charge on any atom is 0.201 e. The lowest BCUT2D eigenvalue weighted by Gasteiger charge is -2.47. The van der Waals surface area contributed by atoms with Crippen molar-refractivity contribution in [2.24, 2.45) is 0 Å². The van der Waals surface area contributed by atoms with Gasteiger partial charge < -0.3 is 4.90 Å². The van der Waals surface area contributed by atoms with E-state index in [2.05, 4.69) is 81.3 Å². The van der Waals surface area contributed by atoms with Gasteiger partial charge in [0.25, 0.3) is 0 Å². The fourth-order valence-electron chi connectivity index (χ4n) is 4.98. The van der Waals surface area contributed by atoms with E-state index in [0.29, 0.717) is 5.92 Å². The smallest absolute Gasteiger partial charge is 0.201 e. The van der Waals surface area contributed by atoms with Crippen LogP contribution >= 0.6 is 11.3 Å². The topological polar surface area (TPSA) is 19.1 Å². The molecule has 1 aromatic carbocycles. The van der Waals surface area contributed by atoms with Crippen molar-refractivity contribution in [1.29, 1.82) is 0 Å². The summed E-state index contributed by atoms with van der Waals surface area (Å²) in [5.41, 5.74) is 5.28. The van der Waals surface area contributed by atoms with Gasteiger partial charge in [-0.1, -0.05) is 6.92 Å². The molecule has 0 radical (unpaired) electrons. The molecule has 0 spiro atoms. The highest BCUT2D eigenvalue weighted by Crippen LogP contribution is 2.45. The number of hydrogen-bond acceptors (Lipinski definition) is 3. The van der Waals surface area contributed by atoms with E-state index < -0.39 is 0 Å². The third kappa shape index (κ3) is 3.12. The van der Waals surface area contributed by atoms with Gasteiger partial charge in [0.1, 0.15) is 13.1 Å². The molecule has 3 nitrogen and oxygen atoms in total. The van der Waals surface area contributed by atoms with Crippen molar-refractivity contribution >= 4 is 27.2 Å². The van der Waals surface area contributed by atoms with Crippen molar-refractivity contribution in [3.63, 3.8) is 0 Å². The highest BCUT2D eigenvalue weighted by Gasteiger charge is 2.35. The lowest BCUT2D eigenvalue weighted by Crippen LogP contribution is -2.48. The molecule has 0 N–H and O–H groups in total. The molecule has 0 aromatic heterocycles. The van der Waals surface area contributed by atoms with Gasteiger partial charge >= 0.3 is 0 Å². The van der Waals surface area contributed by atoms with Crippen molar-refractivity contribution in [1.82, 2.24) is 9.56 Å². The van der Waals surface area contributed by atoms with Crippen molar-refractivity contribution in [2.45, 2.75) is 59.4 Å². The minimum Gasteiger partial charge on any atom is -0.366 e. The van der Waals surface area contributed by atoms with Gasteiger partial charge in [0, 0.05) is 29.9 Å². The number of rotatable bonds is 3. The fraction of sp³-hybridized carbons (Fsp3) is 0.500. The summed E-state index contributed by atoms with van der Waals surface area (Å²) >= 11 is 1.87. The SMILES string of the molecule is CCN1c2cc3sc4cc(=[N+](CC)CC)ccc-4nc3cc2C(C)CC1(C)C. The van der Waals surface area contributed by atoms with E-state index in [1.807, 2.05) is 11.3 Å². The van der Waals surface area contributed by atoms with Gasteiger partial charge in [-0.2, -0.15) is 0 Å². The Morgan fingerprint density at radius 2 is 1.89 bits per heavy atom. The summed E-state index contributed by atoms with van der Waals surface area (Å²) < 4.78 is 3.68. The van der Waals surface area contributed by atoms with Gasteiger partial charge in [0.15, 0.2) is 0 Å². The van der Waals surface area contributed by atoms with Gasteiger partial charge in [-0.05, 0) is 70.7 Å². The normalized spacial score (nSPS) is 18.5. The highest BCUT2D eigenvalue weighted by molar-refractivity contribution is 7.21. The van der Waals surface area contributed by atoms with E-state index in [-0.39, 0.29) is 5.54 Å². The van der Waals surface area contributed by atoms with Gasteiger partial charge in [-0.15, -0.1) is 11.3 Å². The quantitative estimate of drug-likeness (QED) is 0.442. The summed E-state index contributed by atoms with van der Waals surface area (Å²) in [6.07, 6.45) is 1.18. The standard InChI is InChI=1S/C24H32N3S/c1-7-26(8-2)17-10-11-19-22(12-17)28-23-14-21-18(13-20(23)25-19)16(4)15-24(5,6)27(21)9-3/h10-14,16H,7-9,15H2,1-6H3/q+1. The Balaban J connectivity index is 1.96. The Hall–Kier alpha value is -1.94. The van der Waals surface area contributed by atoms with Crippen LogP contribution in [0.25, 0.3) is 20.8 Å². The molecule has 0 saturated carbocycles. The Morgan fingerprint density at radius 3 is 2.57 bits per heavy atom. The van der Waals surface area contributed by atoms with Crippen molar-refractivity contribution in [2.75, 3.05) is 24.5 Å². The van der Waals surface area contributed by atoms with Gasteiger partial charge in [0.2, 0.25) is 5.36 Å². The lowest BCUT2D eigenvalue weighted by atomic mass is 9.80. The minimum absolute atomic E-state index is 0.194. The van der Waals surface area contributed by atoms with E-state index in [9.17, 15) is 0 Å². The number of anilines is 1. The van der Waals surface area contributed by atoms with Crippen molar-refractivity contribution in [3.8, 4) is 10.6 Å². The number of hydrogen-bond donors (Lipinski definition) is 0. The van der Waals surface area contributed by atoms with Gasteiger partial charge in [-0.3, -0.25) is 0 Å². The van der Waals surface area contributed by atoms with Gasteiger partial charge in [-0.25, -0.2) is 9.56 Å². The van der Waals surface area contributed by atoms with Crippen molar-refractivity contribution in [3.05, 3.63) is 41.3 Å². The largest absolute Gasteiger partial charge is 0.366 e. The zero-order valence-corrected chi connectivity index (χ0v) is 18.9. The number of aromatic nitrogens is 1. The van der Waals surface area contributed by atoms with Crippen LogP contribution in [0.1, 0.15) is 59.4 Å². The van der Waals surface area contributed by atoms with E-state index >= 15 is 0 Å². The molecule has 0 fully saturated rings. The van der Waals surface area contributed by atoms with Crippen LogP contribution in [0.15, 0.2) is 30.3 Å². The molecule has 0 bridgehead atoms. The minimum atomic E-state index is 0.194. The summed E-state index contributed by atoms with van der Waals surface area (Å²) in [5.74, 6) is 0.560. The summed E-state index contributed by atoms with van der Waals surface area (Å²) in [5, 5.41) is 1.29. The predicted octanol–water partition coefficient (Wildman–Crippen LogP) is 5.33. The van der Waals surface area contributed by atoms with Crippen LogP contribution in [0.5, 0.6) is 0 Å². The summed E-state index contributed by atoms with van der Waals surface area (Å²) in [6.45, 7) is 16.9. The van der Waals surface area contributed by atoms with E-state index in [1.165, 1.54) is 32.6 Å². The van der Waals surface area contributed by atoms with Crippen LogP contribution in [-0.2, 0) is 0 Å². The van der Waals surface area contributed by atoms with Crippen molar-refractivity contribution < 1.29 is 0 Å². The van der Waals surface area contributed by atoms with E-state index in [1.54, 1.807) is 0 Å². The first-order chi connectivity index (χ1) is 13.4. The molecule has 0 amide bonds. The monoisotopic (exact) mass is 394 g/mol. The molecule has 3 aliphatic rings. The molecular weight excluding hydrogens is 362 g/mol. The molecule has 2 heterocycles. The predicted molar refractivity (Wildman–Crippen MR) is 123 cm³/mol. The maximum atomic E-state index is 5.03. The van der Waals surface area contributed by atoms with E-state index in [0.717, 1.165) is 30.8 Å². The molecule has 148 valence electrons. The third-order valence-corrected chi connectivity index (χ3v) is 7.41. The average Bonchev–Trinajstić information content (AvgIpc) is 2.66. The van der Waals surface area contributed by atoms with Crippen LogP contribution in [0.4, 0.5) is 5.69 Å². The van der Waals surface area contributed by atoms with Crippen LogP contribution < -0.4 is 14.8 Å². The Kier molecular flexibility index (Phi) is 4.95. The molecule has 2 aliphatic heterocycles. The maximum absolute atomic E-state index is 5.03. The first-order valence-electron chi connectivity index (χ1n) is 10.6. The molecule has 4 rings (SSSR count). The molecule has 4 heteroatoms. The molecule has 1 unspecified atom stereocenters. The number of benzene rings is 2. The highest BCUT2D eigenvalue weighted by atomic mass is 32.1.